The molecule has 0 spiro atoms. The molecule has 0 bridgehead atoms. The van der Waals surface area contributed by atoms with Crippen LogP contribution >= 0.6 is 0 Å². The van der Waals surface area contributed by atoms with Gasteiger partial charge >= 0.3 is 18.3 Å². The van der Waals surface area contributed by atoms with Crippen molar-refractivity contribution < 1.29 is 41.0 Å². The van der Waals surface area contributed by atoms with Gasteiger partial charge < -0.3 is 9.84 Å². The molecule has 0 aliphatic heterocycles. The summed E-state index contributed by atoms with van der Waals surface area (Å²) in [5.41, 5.74) is 0. The Morgan fingerprint density at radius 2 is 1.67 bits per heavy atom. The number of esters is 1. The fourth-order valence-corrected chi connectivity index (χ4v) is 0.562. The summed E-state index contributed by atoms with van der Waals surface area (Å²) in [5, 5.41) is 7.33. The van der Waals surface area contributed by atoms with Crippen LogP contribution < -0.4 is 0 Å². The minimum atomic E-state index is -5.11. The maximum Gasteiger partial charge on any atom is 0.432 e. The molecule has 0 heterocycles. The van der Waals surface area contributed by atoms with E-state index in [1.54, 1.807) is 0 Å². The van der Waals surface area contributed by atoms with Crippen LogP contribution in [0.25, 0.3) is 0 Å². The molecule has 0 saturated heterocycles. The minimum Gasteiger partial charge on any atom is -0.516 e. The van der Waals surface area contributed by atoms with Gasteiger partial charge in [-0.15, -0.1) is 0 Å². The summed E-state index contributed by atoms with van der Waals surface area (Å²) >= 11 is 0. The maximum atomic E-state index is 12.4. The summed E-state index contributed by atoms with van der Waals surface area (Å²) in [7, 11) is 0. The quantitative estimate of drug-likeness (QED) is 0.372. The molecule has 1 unspecified atom stereocenters. The first kappa shape index (κ1) is 18.7. The van der Waals surface area contributed by atoms with E-state index in [1.165, 1.54) is 0 Å². The molecule has 0 aromatic rings. The zero-order valence-corrected chi connectivity index (χ0v) is 8.88. The second kappa shape index (κ2) is 7.62. The molecule has 0 aliphatic carbocycles. The van der Waals surface area contributed by atoms with E-state index < -0.39 is 30.8 Å². The average Bonchev–Trinajstić information content (AvgIpc) is 2.15. The second-order valence-corrected chi connectivity index (χ2v) is 2.66. The summed E-state index contributed by atoms with van der Waals surface area (Å²) in [6.07, 6.45) is -14.9. The zero-order chi connectivity index (χ0) is 15.0. The normalized spacial score (nSPS) is 12.8. The van der Waals surface area contributed by atoms with E-state index in [2.05, 4.69) is 17.9 Å². The highest BCUT2D eigenvalue weighted by molar-refractivity contribution is 5.81. The summed E-state index contributed by atoms with van der Waals surface area (Å²) in [4.78, 5) is 10.2. The van der Waals surface area contributed by atoms with Crippen LogP contribution in [-0.2, 0) is 9.53 Å². The van der Waals surface area contributed by atoms with Gasteiger partial charge in [-0.2, -0.15) is 22.0 Å². The molecule has 1 N–H and O–H groups in total. The third kappa shape index (κ3) is 9.55. The van der Waals surface area contributed by atoms with E-state index in [9.17, 15) is 31.1 Å². The molecule has 0 fully saturated rings. The Hall–Kier alpha value is -1.67. The van der Waals surface area contributed by atoms with Crippen molar-refractivity contribution >= 4 is 5.97 Å². The summed E-state index contributed by atoms with van der Waals surface area (Å²) < 4.78 is 74.9. The predicted molar refractivity (Wildman–Crippen MR) is 49.6 cm³/mol. The molecular formula is C9H10F6O3. The molecular weight excluding hydrogens is 270 g/mol. The predicted octanol–water partition coefficient (Wildman–Crippen LogP) is 3.29. The third-order valence-electron chi connectivity index (χ3n) is 1.18. The highest BCUT2D eigenvalue weighted by atomic mass is 19.4. The number of hydrogen-bond donors (Lipinski definition) is 1. The largest absolute Gasteiger partial charge is 0.516 e. The van der Waals surface area contributed by atoms with Crippen molar-refractivity contribution in [3.05, 3.63) is 25.5 Å². The molecule has 0 rings (SSSR count). The Labute approximate surface area is 98.3 Å². The number of halogens is 6. The molecule has 1 atom stereocenters. The standard InChI is InChI=1S/C7H6F6O2.C2H4O/c1-2-5(14)15-7(12,13)4(8)3-6(9,10)11;1-2-3/h2,4H,1,3H2;2-3H,1H2. The molecule has 106 valence electrons. The number of ether oxygens (including phenoxy) is 1. The SMILES string of the molecule is C=CC(=O)OC(F)(F)C(F)CC(F)(F)F.C=CO. The van der Waals surface area contributed by atoms with Crippen molar-refractivity contribution in [3.63, 3.8) is 0 Å². The zero-order valence-electron chi connectivity index (χ0n) is 8.88. The van der Waals surface area contributed by atoms with Gasteiger partial charge in [0.25, 0.3) is 0 Å². The molecule has 0 aromatic carbocycles. The van der Waals surface area contributed by atoms with Gasteiger partial charge in [-0.25, -0.2) is 9.18 Å². The minimum absolute atomic E-state index is 0.286. The van der Waals surface area contributed by atoms with Gasteiger partial charge in [0.1, 0.15) is 0 Å². The smallest absolute Gasteiger partial charge is 0.432 e. The van der Waals surface area contributed by atoms with Crippen molar-refractivity contribution in [1.82, 2.24) is 0 Å². The van der Waals surface area contributed by atoms with Gasteiger partial charge in [0, 0.05) is 6.08 Å². The van der Waals surface area contributed by atoms with Crippen molar-refractivity contribution in [3.8, 4) is 0 Å². The lowest BCUT2D eigenvalue weighted by Gasteiger charge is -2.20. The molecule has 18 heavy (non-hydrogen) atoms. The Morgan fingerprint density at radius 3 is 1.94 bits per heavy atom. The van der Waals surface area contributed by atoms with Gasteiger partial charge in [0.2, 0.25) is 6.17 Å². The summed E-state index contributed by atoms with van der Waals surface area (Å²) in [6, 6.07) is 0. The number of alkyl halides is 6. The van der Waals surface area contributed by atoms with Crippen LogP contribution in [-0.4, -0.2) is 29.5 Å². The monoisotopic (exact) mass is 280 g/mol. The first-order valence-corrected chi connectivity index (χ1v) is 4.19. The first-order chi connectivity index (χ1) is 8.00. The number of hydrogen-bond acceptors (Lipinski definition) is 3. The molecule has 0 radical (unpaired) electrons. The van der Waals surface area contributed by atoms with Crippen LogP contribution in [0.5, 0.6) is 0 Å². The number of carbonyl (C=O) groups excluding carboxylic acids is 1. The van der Waals surface area contributed by atoms with Crippen molar-refractivity contribution in [2.45, 2.75) is 24.9 Å². The van der Waals surface area contributed by atoms with E-state index in [-0.39, 0.29) is 6.08 Å². The van der Waals surface area contributed by atoms with Gasteiger partial charge in [-0.3, -0.25) is 0 Å². The molecule has 0 amide bonds. The third-order valence-corrected chi connectivity index (χ3v) is 1.18. The Kier molecular flexibility index (Phi) is 7.91. The van der Waals surface area contributed by atoms with Crippen molar-refractivity contribution in [2.24, 2.45) is 0 Å². The van der Waals surface area contributed by atoms with Crippen LogP contribution in [0.3, 0.4) is 0 Å². The van der Waals surface area contributed by atoms with Crippen LogP contribution in [0.2, 0.25) is 0 Å². The van der Waals surface area contributed by atoms with Crippen LogP contribution in [0, 0.1) is 0 Å². The summed E-state index contributed by atoms with van der Waals surface area (Å²) in [6.45, 7) is 5.64. The molecule has 0 aromatic heterocycles. The molecule has 3 nitrogen and oxygen atoms in total. The van der Waals surface area contributed by atoms with Crippen molar-refractivity contribution in [2.75, 3.05) is 0 Å². The number of carbonyl (C=O) groups is 1. The van der Waals surface area contributed by atoms with Crippen LogP contribution in [0.1, 0.15) is 6.42 Å². The van der Waals surface area contributed by atoms with E-state index >= 15 is 0 Å². The molecule has 0 saturated carbocycles. The van der Waals surface area contributed by atoms with Crippen LogP contribution in [0.4, 0.5) is 26.3 Å². The topological polar surface area (TPSA) is 46.5 Å². The first-order valence-electron chi connectivity index (χ1n) is 4.19. The Morgan fingerprint density at radius 1 is 1.28 bits per heavy atom. The van der Waals surface area contributed by atoms with Gasteiger partial charge in [-0.1, -0.05) is 13.2 Å². The maximum absolute atomic E-state index is 12.4. The average molecular weight is 280 g/mol. The lowest BCUT2D eigenvalue weighted by Crippen LogP contribution is -2.38. The lowest BCUT2D eigenvalue weighted by atomic mass is 10.2. The number of aliphatic hydroxyl groups excluding tert-OH is 1. The number of rotatable bonds is 4. The Bertz CT molecular complexity index is 287. The van der Waals surface area contributed by atoms with Gasteiger partial charge in [-0.05, 0) is 0 Å². The molecule has 9 heteroatoms. The van der Waals surface area contributed by atoms with E-state index in [0.717, 1.165) is 6.26 Å². The fraction of sp³-hybridized carbons (Fsp3) is 0.444. The number of aliphatic hydroxyl groups is 1. The van der Waals surface area contributed by atoms with Crippen LogP contribution in [0.15, 0.2) is 25.5 Å². The Balaban J connectivity index is 0. The fourth-order valence-electron chi connectivity index (χ4n) is 0.562. The van der Waals surface area contributed by atoms with Gasteiger partial charge in [0.15, 0.2) is 0 Å². The highest BCUT2D eigenvalue weighted by Gasteiger charge is 2.49. The molecule has 0 aliphatic rings. The lowest BCUT2D eigenvalue weighted by molar-refractivity contribution is -0.274. The van der Waals surface area contributed by atoms with E-state index in [0.29, 0.717) is 0 Å². The van der Waals surface area contributed by atoms with Gasteiger partial charge in [0.05, 0.1) is 12.7 Å². The van der Waals surface area contributed by atoms with E-state index in [4.69, 9.17) is 5.11 Å². The highest BCUT2D eigenvalue weighted by Crippen LogP contribution is 2.32. The van der Waals surface area contributed by atoms with Crippen molar-refractivity contribution in [1.29, 1.82) is 0 Å². The second-order valence-electron chi connectivity index (χ2n) is 2.66. The summed E-state index contributed by atoms with van der Waals surface area (Å²) in [5.74, 6) is -1.70. The van der Waals surface area contributed by atoms with E-state index in [1.807, 2.05) is 0 Å².